The van der Waals surface area contributed by atoms with Crippen LogP contribution in [0.3, 0.4) is 0 Å². The molecule has 0 fully saturated rings. The summed E-state index contributed by atoms with van der Waals surface area (Å²) in [5.74, 6) is 0.534. The summed E-state index contributed by atoms with van der Waals surface area (Å²) in [7, 11) is 0. The third-order valence-corrected chi connectivity index (χ3v) is 3.96. The highest BCUT2D eigenvalue weighted by Gasteiger charge is 2.22. The highest BCUT2D eigenvalue weighted by Crippen LogP contribution is 2.24. The van der Waals surface area contributed by atoms with Crippen molar-refractivity contribution in [2.24, 2.45) is 0 Å². The molecule has 0 saturated carbocycles. The number of amides is 1. The first-order valence-corrected chi connectivity index (χ1v) is 7.86. The lowest BCUT2D eigenvalue weighted by molar-refractivity contribution is 0.0950. The van der Waals surface area contributed by atoms with E-state index in [-0.39, 0.29) is 11.8 Å². The van der Waals surface area contributed by atoms with Crippen LogP contribution in [0.15, 0.2) is 59.4 Å². The van der Waals surface area contributed by atoms with Crippen LogP contribution in [0.5, 0.6) is 0 Å². The third-order valence-electron chi connectivity index (χ3n) is 3.96. The molecule has 2 aromatic heterocycles. The summed E-state index contributed by atoms with van der Waals surface area (Å²) in [5, 5.41) is 6.99. The van der Waals surface area contributed by atoms with Crippen molar-refractivity contribution in [3.63, 3.8) is 0 Å². The van der Waals surface area contributed by atoms with Gasteiger partial charge < -0.3 is 9.84 Å². The van der Waals surface area contributed by atoms with Crippen molar-refractivity contribution in [1.29, 1.82) is 0 Å². The first-order chi connectivity index (χ1) is 11.7. The zero-order valence-electron chi connectivity index (χ0n) is 13.7. The van der Waals surface area contributed by atoms with Gasteiger partial charge in [0.05, 0.1) is 0 Å². The molecule has 0 aliphatic carbocycles. The van der Waals surface area contributed by atoms with E-state index in [0.717, 1.165) is 5.56 Å². The van der Waals surface area contributed by atoms with E-state index < -0.39 is 0 Å². The second kappa shape index (κ2) is 7.08. The number of hydrogen-bond donors (Lipinski definition) is 1. The molecule has 1 N–H and O–H groups in total. The van der Waals surface area contributed by atoms with Crippen LogP contribution in [0.25, 0.3) is 11.3 Å². The lowest BCUT2D eigenvalue weighted by atomic mass is 10.0. The monoisotopic (exact) mass is 321 g/mol. The first-order valence-electron chi connectivity index (χ1n) is 7.86. The van der Waals surface area contributed by atoms with Crippen molar-refractivity contribution < 1.29 is 9.32 Å². The molecule has 0 bridgehead atoms. The van der Waals surface area contributed by atoms with Crippen molar-refractivity contribution in [3.05, 3.63) is 71.7 Å². The Morgan fingerprint density at radius 2 is 2.00 bits per heavy atom. The predicted octanol–water partition coefficient (Wildman–Crippen LogP) is 3.58. The summed E-state index contributed by atoms with van der Waals surface area (Å²) in [6.07, 6.45) is 3.35. The normalized spacial score (nSPS) is 11.9. The SMILES string of the molecule is Cc1onc(-c2cccnc2)c1C(=O)NC[C@@H](C)c1ccccc1. The number of aromatic nitrogens is 2. The zero-order chi connectivity index (χ0) is 16.9. The lowest BCUT2D eigenvalue weighted by Gasteiger charge is -2.13. The lowest BCUT2D eigenvalue weighted by Crippen LogP contribution is -2.28. The predicted molar refractivity (Wildman–Crippen MR) is 91.7 cm³/mol. The van der Waals surface area contributed by atoms with E-state index in [1.165, 1.54) is 5.56 Å². The number of hydrogen-bond acceptors (Lipinski definition) is 4. The van der Waals surface area contributed by atoms with Crippen LogP contribution in [0.2, 0.25) is 0 Å². The molecule has 1 amide bonds. The van der Waals surface area contributed by atoms with Crippen LogP contribution < -0.4 is 5.32 Å². The number of carbonyl (C=O) groups is 1. The van der Waals surface area contributed by atoms with Gasteiger partial charge >= 0.3 is 0 Å². The van der Waals surface area contributed by atoms with Crippen LogP contribution in [0.4, 0.5) is 0 Å². The smallest absolute Gasteiger partial charge is 0.257 e. The van der Waals surface area contributed by atoms with E-state index in [1.807, 2.05) is 24.3 Å². The average Bonchev–Trinajstić information content (AvgIpc) is 3.02. The molecular weight excluding hydrogens is 302 g/mol. The van der Waals surface area contributed by atoms with Crippen LogP contribution in [-0.4, -0.2) is 22.6 Å². The average molecular weight is 321 g/mol. The number of rotatable bonds is 5. The molecule has 0 radical (unpaired) electrons. The van der Waals surface area contributed by atoms with Gasteiger partial charge in [0.15, 0.2) is 0 Å². The molecule has 0 saturated heterocycles. The standard InChI is InChI=1S/C19H19N3O2/c1-13(15-7-4-3-5-8-15)11-21-19(23)17-14(2)24-22-18(17)16-9-6-10-20-12-16/h3-10,12-13H,11H2,1-2H3,(H,21,23)/t13-/m1/s1. The van der Waals surface area contributed by atoms with Crippen molar-refractivity contribution >= 4 is 5.91 Å². The second-order valence-electron chi connectivity index (χ2n) is 5.73. The Labute approximate surface area is 140 Å². The number of benzene rings is 1. The highest BCUT2D eigenvalue weighted by molar-refractivity contribution is 6.00. The maximum Gasteiger partial charge on any atom is 0.257 e. The van der Waals surface area contributed by atoms with Crippen molar-refractivity contribution in [2.75, 3.05) is 6.54 Å². The Kier molecular flexibility index (Phi) is 4.70. The minimum Gasteiger partial charge on any atom is -0.360 e. The van der Waals surface area contributed by atoms with E-state index in [0.29, 0.717) is 23.6 Å². The summed E-state index contributed by atoms with van der Waals surface area (Å²) in [4.78, 5) is 16.7. The van der Waals surface area contributed by atoms with Gasteiger partial charge in [-0.1, -0.05) is 42.4 Å². The Balaban J connectivity index is 1.75. The van der Waals surface area contributed by atoms with E-state index in [4.69, 9.17) is 4.52 Å². The summed E-state index contributed by atoms with van der Waals surface area (Å²) >= 11 is 0. The number of nitrogens with zero attached hydrogens (tertiary/aromatic N) is 2. The number of pyridine rings is 1. The minimum atomic E-state index is -0.185. The van der Waals surface area contributed by atoms with E-state index >= 15 is 0 Å². The maximum absolute atomic E-state index is 12.6. The van der Waals surface area contributed by atoms with Crippen molar-refractivity contribution in [3.8, 4) is 11.3 Å². The molecule has 2 heterocycles. The molecule has 0 unspecified atom stereocenters. The molecule has 5 nitrogen and oxygen atoms in total. The molecular formula is C19H19N3O2. The molecule has 122 valence electrons. The highest BCUT2D eigenvalue weighted by atomic mass is 16.5. The Hall–Kier alpha value is -2.95. The second-order valence-corrected chi connectivity index (χ2v) is 5.73. The number of nitrogens with one attached hydrogen (secondary N) is 1. The van der Waals surface area contributed by atoms with Gasteiger partial charge in [-0.3, -0.25) is 9.78 Å². The molecule has 0 aliphatic rings. The fourth-order valence-corrected chi connectivity index (χ4v) is 2.57. The van der Waals surface area contributed by atoms with Gasteiger partial charge in [0.1, 0.15) is 17.0 Å². The van der Waals surface area contributed by atoms with E-state index in [2.05, 4.69) is 34.5 Å². The summed E-state index contributed by atoms with van der Waals surface area (Å²) in [5.41, 5.74) is 2.93. The van der Waals surface area contributed by atoms with Gasteiger partial charge in [-0.2, -0.15) is 0 Å². The molecule has 24 heavy (non-hydrogen) atoms. The van der Waals surface area contributed by atoms with Gasteiger partial charge in [0.25, 0.3) is 5.91 Å². The summed E-state index contributed by atoms with van der Waals surface area (Å²) in [6.45, 7) is 4.36. The molecule has 1 atom stereocenters. The summed E-state index contributed by atoms with van der Waals surface area (Å²) < 4.78 is 5.22. The Morgan fingerprint density at radius 1 is 1.21 bits per heavy atom. The van der Waals surface area contributed by atoms with Gasteiger partial charge in [-0.05, 0) is 30.5 Å². The Bertz CT molecular complexity index is 813. The van der Waals surface area contributed by atoms with Crippen LogP contribution in [-0.2, 0) is 0 Å². The number of aryl methyl sites for hydroxylation is 1. The molecule has 0 aliphatic heterocycles. The van der Waals surface area contributed by atoms with Crippen LogP contribution >= 0.6 is 0 Å². The molecule has 3 rings (SSSR count). The largest absolute Gasteiger partial charge is 0.360 e. The zero-order valence-corrected chi connectivity index (χ0v) is 13.7. The molecule has 1 aromatic carbocycles. The topological polar surface area (TPSA) is 68.0 Å². The summed E-state index contributed by atoms with van der Waals surface area (Å²) in [6, 6.07) is 13.8. The van der Waals surface area contributed by atoms with Gasteiger partial charge in [-0.15, -0.1) is 0 Å². The van der Waals surface area contributed by atoms with Gasteiger partial charge in [0.2, 0.25) is 0 Å². The van der Waals surface area contributed by atoms with Crippen LogP contribution in [0.1, 0.15) is 34.5 Å². The Morgan fingerprint density at radius 3 is 2.71 bits per heavy atom. The third kappa shape index (κ3) is 3.35. The minimum absolute atomic E-state index is 0.185. The quantitative estimate of drug-likeness (QED) is 0.780. The van der Waals surface area contributed by atoms with Gasteiger partial charge in [0, 0.05) is 24.5 Å². The molecule has 3 aromatic rings. The van der Waals surface area contributed by atoms with Crippen molar-refractivity contribution in [2.45, 2.75) is 19.8 Å². The van der Waals surface area contributed by atoms with E-state index in [9.17, 15) is 4.79 Å². The fraction of sp³-hybridized carbons (Fsp3) is 0.211. The fourth-order valence-electron chi connectivity index (χ4n) is 2.57. The first kappa shape index (κ1) is 15.9. The van der Waals surface area contributed by atoms with Crippen molar-refractivity contribution in [1.82, 2.24) is 15.5 Å². The maximum atomic E-state index is 12.6. The van der Waals surface area contributed by atoms with Gasteiger partial charge in [-0.25, -0.2) is 0 Å². The molecule has 5 heteroatoms. The number of carbonyl (C=O) groups excluding carboxylic acids is 1. The molecule has 0 spiro atoms. The van der Waals surface area contributed by atoms with Crippen LogP contribution in [0, 0.1) is 6.92 Å². The van der Waals surface area contributed by atoms with E-state index in [1.54, 1.807) is 25.4 Å².